The van der Waals surface area contributed by atoms with E-state index in [2.05, 4.69) is 0 Å². The van der Waals surface area contributed by atoms with Gasteiger partial charge in [0.1, 0.15) is 0 Å². The predicted molar refractivity (Wildman–Crippen MR) is 51.2 cm³/mol. The van der Waals surface area contributed by atoms with E-state index in [1.54, 1.807) is 11.9 Å². The number of nitrogens with zero attached hydrogens (tertiary/aromatic N) is 1. The van der Waals surface area contributed by atoms with E-state index in [9.17, 15) is 10.2 Å². The Morgan fingerprint density at radius 2 is 1.62 bits per heavy atom. The Balaban J connectivity index is 4.48. The van der Waals surface area contributed by atoms with Gasteiger partial charge in [-0.15, -0.1) is 0 Å². The fourth-order valence-electron chi connectivity index (χ4n) is 1.49. The molecule has 0 saturated heterocycles. The van der Waals surface area contributed by atoms with Gasteiger partial charge < -0.3 is 15.3 Å². The second kappa shape index (κ2) is 5.54. The van der Waals surface area contributed by atoms with Gasteiger partial charge in [-0.25, -0.2) is 0 Å². The molecule has 13 heavy (non-hydrogen) atoms. The maximum Gasteiger partial charge on any atom is 0.0960 e. The van der Waals surface area contributed by atoms with Crippen LogP contribution in [-0.2, 0) is 0 Å². The van der Waals surface area contributed by atoms with Crippen LogP contribution in [0.4, 0.5) is 0 Å². The molecular formula is C9H21NO3. The molecule has 0 rings (SSSR count). The minimum atomic E-state index is -0.692. The molecule has 0 amide bonds. The molecule has 0 fully saturated rings. The smallest absolute Gasteiger partial charge is 0.0960 e. The molecule has 0 aliphatic carbocycles. The molecule has 0 spiro atoms. The Kier molecular flexibility index (Phi) is 5.48. The van der Waals surface area contributed by atoms with Crippen LogP contribution in [0.3, 0.4) is 0 Å². The van der Waals surface area contributed by atoms with E-state index in [4.69, 9.17) is 5.11 Å². The topological polar surface area (TPSA) is 63.9 Å². The second-order valence-electron chi connectivity index (χ2n) is 3.98. The van der Waals surface area contributed by atoms with Gasteiger partial charge in [-0.2, -0.15) is 0 Å². The first kappa shape index (κ1) is 12.8. The summed E-state index contributed by atoms with van der Waals surface area (Å²) in [5.41, 5.74) is -0.692. The Morgan fingerprint density at radius 1 is 1.15 bits per heavy atom. The molecule has 0 aliphatic rings. The molecule has 0 heterocycles. The largest absolute Gasteiger partial charge is 0.394 e. The van der Waals surface area contributed by atoms with E-state index in [1.807, 2.05) is 13.8 Å². The number of hydrogen-bond donors (Lipinski definition) is 3. The van der Waals surface area contributed by atoms with Gasteiger partial charge in [0.15, 0.2) is 0 Å². The Bertz CT molecular complexity index is 135. The van der Waals surface area contributed by atoms with Crippen molar-refractivity contribution in [3.63, 3.8) is 0 Å². The third kappa shape index (κ3) is 3.23. The fourth-order valence-corrected chi connectivity index (χ4v) is 1.49. The van der Waals surface area contributed by atoms with Crippen molar-refractivity contribution in [2.45, 2.75) is 25.8 Å². The summed E-state index contributed by atoms with van der Waals surface area (Å²) in [5, 5.41) is 27.4. The number of hydrogen-bond acceptors (Lipinski definition) is 4. The average Bonchev–Trinajstić information content (AvgIpc) is 2.12. The molecule has 0 saturated carbocycles. The first-order valence-electron chi connectivity index (χ1n) is 4.56. The summed E-state index contributed by atoms with van der Waals surface area (Å²) in [6, 6.07) is 0. The van der Waals surface area contributed by atoms with Crippen LogP contribution in [0.1, 0.15) is 20.3 Å². The van der Waals surface area contributed by atoms with Gasteiger partial charge in [0.25, 0.3) is 0 Å². The quantitative estimate of drug-likeness (QED) is 0.502. The van der Waals surface area contributed by atoms with Crippen LogP contribution in [0.25, 0.3) is 0 Å². The first-order valence-corrected chi connectivity index (χ1v) is 4.56. The van der Waals surface area contributed by atoms with Crippen molar-refractivity contribution in [3.8, 4) is 0 Å². The first-order chi connectivity index (χ1) is 6.02. The van der Waals surface area contributed by atoms with Crippen molar-refractivity contribution in [1.29, 1.82) is 0 Å². The molecule has 0 aromatic rings. The van der Waals surface area contributed by atoms with Crippen LogP contribution in [0, 0.1) is 5.92 Å². The van der Waals surface area contributed by atoms with Crippen LogP contribution in [0.2, 0.25) is 0 Å². The van der Waals surface area contributed by atoms with Gasteiger partial charge in [0, 0.05) is 0 Å². The maximum atomic E-state index is 9.21. The molecule has 80 valence electrons. The zero-order valence-electron chi connectivity index (χ0n) is 8.69. The highest BCUT2D eigenvalue weighted by atomic mass is 16.3. The lowest BCUT2D eigenvalue weighted by Gasteiger charge is -2.39. The van der Waals surface area contributed by atoms with Gasteiger partial charge >= 0.3 is 0 Å². The van der Waals surface area contributed by atoms with Crippen molar-refractivity contribution < 1.29 is 15.3 Å². The minimum absolute atomic E-state index is 0.140. The van der Waals surface area contributed by atoms with Crippen molar-refractivity contribution in [3.05, 3.63) is 0 Å². The third-order valence-electron chi connectivity index (χ3n) is 2.40. The third-order valence-corrected chi connectivity index (χ3v) is 2.40. The van der Waals surface area contributed by atoms with Crippen molar-refractivity contribution >= 4 is 0 Å². The fraction of sp³-hybridized carbons (Fsp3) is 1.00. The molecule has 4 heteroatoms. The van der Waals surface area contributed by atoms with E-state index < -0.39 is 5.54 Å². The summed E-state index contributed by atoms with van der Waals surface area (Å²) in [4.78, 5) is 1.58. The van der Waals surface area contributed by atoms with Crippen molar-refractivity contribution in [1.82, 2.24) is 4.90 Å². The van der Waals surface area contributed by atoms with E-state index >= 15 is 0 Å². The highest BCUT2D eigenvalue weighted by molar-refractivity contribution is 4.88. The molecule has 3 N–H and O–H groups in total. The van der Waals surface area contributed by atoms with Gasteiger partial charge in [-0.3, -0.25) is 4.90 Å². The standard InChI is InChI=1S/C9H21NO3/c1-8(2)4-9(5-11,6-12)10(3)7-13/h8,11-13H,4-7H2,1-3H3. The van der Waals surface area contributed by atoms with Crippen LogP contribution in [-0.4, -0.2) is 52.8 Å². The molecule has 0 unspecified atom stereocenters. The monoisotopic (exact) mass is 191 g/mol. The van der Waals surface area contributed by atoms with Crippen molar-refractivity contribution in [2.24, 2.45) is 5.92 Å². The maximum absolute atomic E-state index is 9.21. The normalized spacial score (nSPS) is 12.9. The highest BCUT2D eigenvalue weighted by Crippen LogP contribution is 2.21. The molecule has 0 atom stereocenters. The number of aliphatic hydroxyl groups is 3. The van der Waals surface area contributed by atoms with Gasteiger partial charge in [-0.1, -0.05) is 13.8 Å². The lowest BCUT2D eigenvalue weighted by Crippen LogP contribution is -2.53. The summed E-state index contributed by atoms with van der Waals surface area (Å²) in [6.45, 7) is 3.60. The summed E-state index contributed by atoms with van der Waals surface area (Å²) >= 11 is 0. The summed E-state index contributed by atoms with van der Waals surface area (Å²) in [6.07, 6.45) is 0.664. The van der Waals surface area contributed by atoms with Crippen LogP contribution in [0.5, 0.6) is 0 Å². The molecule has 0 aromatic heterocycles. The highest BCUT2D eigenvalue weighted by Gasteiger charge is 2.33. The number of aliphatic hydroxyl groups excluding tert-OH is 3. The van der Waals surface area contributed by atoms with Gasteiger partial charge in [0.05, 0.1) is 25.5 Å². The SMILES string of the molecule is CC(C)CC(CO)(CO)N(C)CO. The zero-order valence-corrected chi connectivity index (χ0v) is 8.69. The summed E-state index contributed by atoms with van der Waals surface area (Å²) in [7, 11) is 1.69. The molecule has 4 nitrogen and oxygen atoms in total. The van der Waals surface area contributed by atoms with Crippen LogP contribution in [0.15, 0.2) is 0 Å². The Hall–Kier alpha value is -0.160. The van der Waals surface area contributed by atoms with Crippen molar-refractivity contribution in [2.75, 3.05) is 27.0 Å². The summed E-state index contributed by atoms with van der Waals surface area (Å²) in [5.74, 6) is 0.369. The van der Waals surface area contributed by atoms with E-state index in [0.29, 0.717) is 12.3 Å². The Labute approximate surface area is 79.8 Å². The summed E-state index contributed by atoms with van der Waals surface area (Å²) < 4.78 is 0. The molecule has 0 aliphatic heterocycles. The number of likely N-dealkylation sites (N-methyl/N-ethyl adjacent to an activating group) is 1. The molecule has 0 aromatic carbocycles. The van der Waals surface area contributed by atoms with E-state index in [-0.39, 0.29) is 19.9 Å². The molecule has 0 radical (unpaired) electrons. The minimum Gasteiger partial charge on any atom is -0.394 e. The lowest BCUT2D eigenvalue weighted by atomic mass is 9.89. The van der Waals surface area contributed by atoms with E-state index in [1.165, 1.54) is 0 Å². The van der Waals surface area contributed by atoms with Crippen LogP contribution < -0.4 is 0 Å². The van der Waals surface area contributed by atoms with Crippen LogP contribution >= 0.6 is 0 Å². The second-order valence-corrected chi connectivity index (χ2v) is 3.98. The lowest BCUT2D eigenvalue weighted by molar-refractivity contribution is -0.0508. The Morgan fingerprint density at radius 3 is 1.85 bits per heavy atom. The molecular weight excluding hydrogens is 170 g/mol. The molecule has 0 bridgehead atoms. The number of rotatable bonds is 6. The average molecular weight is 191 g/mol. The van der Waals surface area contributed by atoms with Gasteiger partial charge in [0.2, 0.25) is 0 Å². The van der Waals surface area contributed by atoms with Gasteiger partial charge in [-0.05, 0) is 19.4 Å². The zero-order chi connectivity index (χ0) is 10.5. The van der Waals surface area contributed by atoms with E-state index in [0.717, 1.165) is 0 Å². The predicted octanol–water partition coefficient (Wildman–Crippen LogP) is -0.363.